The van der Waals surface area contributed by atoms with Crippen LogP contribution in [0.15, 0.2) is 34.9 Å². The minimum Gasteiger partial charge on any atom is -0.383 e. The average molecular weight is 355 g/mol. The summed E-state index contributed by atoms with van der Waals surface area (Å²) in [6, 6.07) is 6.21. The number of halogens is 3. The van der Waals surface area contributed by atoms with Gasteiger partial charge in [-0.25, -0.2) is 9.37 Å². The van der Waals surface area contributed by atoms with Gasteiger partial charge in [0.25, 0.3) is 0 Å². The highest BCUT2D eigenvalue weighted by atomic mass is 79.9. The third kappa shape index (κ3) is 2.07. The highest BCUT2D eigenvalue weighted by Gasteiger charge is 2.16. The Labute approximate surface area is 128 Å². The summed E-state index contributed by atoms with van der Waals surface area (Å²) >= 11 is 9.36. The number of rotatable bonds is 1. The maximum atomic E-state index is 13.9. The van der Waals surface area contributed by atoms with Crippen LogP contribution in [0.4, 0.5) is 10.2 Å². The summed E-state index contributed by atoms with van der Waals surface area (Å²) in [5.74, 6) is -0.0258. The van der Waals surface area contributed by atoms with Gasteiger partial charge in [0, 0.05) is 21.3 Å². The first kappa shape index (κ1) is 13.4. The molecule has 2 N–H and O–H groups in total. The first-order valence-electron chi connectivity index (χ1n) is 5.86. The number of nitrogens with zero attached hydrogens (tertiary/aromatic N) is 2. The number of imidazole rings is 1. The van der Waals surface area contributed by atoms with Gasteiger partial charge in [0.15, 0.2) is 0 Å². The summed E-state index contributed by atoms with van der Waals surface area (Å²) in [5.41, 5.74) is 8.46. The van der Waals surface area contributed by atoms with Crippen molar-refractivity contribution >= 4 is 39.0 Å². The molecular formula is C14H10BrClFN3. The van der Waals surface area contributed by atoms with E-state index in [4.69, 9.17) is 17.3 Å². The maximum absolute atomic E-state index is 13.9. The molecule has 2 aromatic heterocycles. The van der Waals surface area contributed by atoms with E-state index in [1.54, 1.807) is 4.40 Å². The molecule has 3 rings (SSSR count). The molecule has 0 unspecified atom stereocenters. The Kier molecular flexibility index (Phi) is 3.18. The molecule has 0 aliphatic carbocycles. The number of nitrogen functional groups attached to an aromatic ring is 1. The van der Waals surface area contributed by atoms with Crippen LogP contribution in [0, 0.1) is 12.7 Å². The quantitative estimate of drug-likeness (QED) is 0.702. The number of fused-ring (bicyclic) bond motifs is 1. The van der Waals surface area contributed by atoms with Crippen LogP contribution in [0.5, 0.6) is 0 Å². The van der Waals surface area contributed by atoms with Gasteiger partial charge in [0.05, 0.1) is 0 Å². The first-order chi connectivity index (χ1) is 9.47. The fraction of sp³-hybridized carbons (Fsp3) is 0.0714. The number of nitrogens with two attached hydrogens (primary N) is 1. The summed E-state index contributed by atoms with van der Waals surface area (Å²) in [7, 11) is 0. The van der Waals surface area contributed by atoms with E-state index < -0.39 is 5.82 Å². The Morgan fingerprint density at radius 2 is 2.10 bits per heavy atom. The molecular weight excluding hydrogens is 345 g/mol. The number of aryl methyl sites for hydroxylation is 1. The third-order valence-electron chi connectivity index (χ3n) is 3.12. The molecule has 0 bridgehead atoms. The molecule has 3 nitrogen and oxygen atoms in total. The van der Waals surface area contributed by atoms with Crippen LogP contribution in [-0.2, 0) is 0 Å². The van der Waals surface area contributed by atoms with E-state index in [-0.39, 0.29) is 0 Å². The van der Waals surface area contributed by atoms with Crippen molar-refractivity contribution in [2.45, 2.75) is 6.92 Å². The monoisotopic (exact) mass is 353 g/mol. The second kappa shape index (κ2) is 4.75. The molecule has 0 aliphatic rings. The van der Waals surface area contributed by atoms with Crippen LogP contribution in [0.25, 0.3) is 16.9 Å². The molecule has 6 heteroatoms. The topological polar surface area (TPSA) is 43.3 Å². The fourth-order valence-electron chi connectivity index (χ4n) is 2.06. The van der Waals surface area contributed by atoms with Crippen molar-refractivity contribution in [2.75, 3.05) is 5.73 Å². The van der Waals surface area contributed by atoms with Crippen LogP contribution in [-0.4, -0.2) is 9.38 Å². The molecule has 0 atom stereocenters. The summed E-state index contributed by atoms with van der Waals surface area (Å²) in [4.78, 5) is 4.40. The summed E-state index contributed by atoms with van der Waals surface area (Å²) in [5, 5.41) is 0.440. The molecule has 20 heavy (non-hydrogen) atoms. The van der Waals surface area contributed by atoms with Gasteiger partial charge in [-0.1, -0.05) is 11.6 Å². The van der Waals surface area contributed by atoms with Crippen LogP contribution >= 0.6 is 27.5 Å². The van der Waals surface area contributed by atoms with Gasteiger partial charge in [0.2, 0.25) is 0 Å². The van der Waals surface area contributed by atoms with Crippen molar-refractivity contribution in [3.8, 4) is 11.3 Å². The second-order valence-corrected chi connectivity index (χ2v) is 5.79. The Morgan fingerprint density at radius 3 is 2.85 bits per heavy atom. The molecule has 3 aromatic rings. The largest absolute Gasteiger partial charge is 0.383 e. The standard InChI is InChI=1S/C14H10BrClFN3/c1-7-4-12-19-13(14(18)20(12)6-10(7)15)9-5-8(16)2-3-11(9)17/h2-6H,18H2,1H3. The van der Waals surface area contributed by atoms with Gasteiger partial charge in [-0.3, -0.25) is 4.40 Å². The van der Waals surface area contributed by atoms with E-state index in [1.807, 2.05) is 19.2 Å². The van der Waals surface area contributed by atoms with E-state index in [0.717, 1.165) is 10.0 Å². The van der Waals surface area contributed by atoms with Gasteiger partial charge >= 0.3 is 0 Å². The van der Waals surface area contributed by atoms with E-state index in [9.17, 15) is 4.39 Å². The van der Waals surface area contributed by atoms with Gasteiger partial charge in [-0.15, -0.1) is 0 Å². The van der Waals surface area contributed by atoms with Crippen molar-refractivity contribution in [2.24, 2.45) is 0 Å². The molecule has 2 heterocycles. The maximum Gasteiger partial charge on any atom is 0.139 e. The Balaban J connectivity index is 2.32. The first-order valence-corrected chi connectivity index (χ1v) is 7.03. The van der Waals surface area contributed by atoms with E-state index >= 15 is 0 Å². The number of hydrogen-bond acceptors (Lipinski definition) is 2. The van der Waals surface area contributed by atoms with E-state index in [0.29, 0.717) is 27.7 Å². The minimum absolute atomic E-state index is 0.299. The molecule has 0 aliphatic heterocycles. The molecule has 0 radical (unpaired) electrons. The smallest absolute Gasteiger partial charge is 0.139 e. The zero-order chi connectivity index (χ0) is 14.4. The molecule has 102 valence electrons. The van der Waals surface area contributed by atoms with Crippen molar-refractivity contribution in [3.05, 3.63) is 51.3 Å². The Bertz CT molecular complexity index is 829. The zero-order valence-electron chi connectivity index (χ0n) is 10.5. The predicted molar refractivity (Wildman–Crippen MR) is 82.4 cm³/mol. The van der Waals surface area contributed by atoms with Crippen molar-refractivity contribution in [1.82, 2.24) is 9.38 Å². The highest BCUT2D eigenvalue weighted by molar-refractivity contribution is 9.10. The van der Waals surface area contributed by atoms with Gasteiger partial charge in [-0.05, 0) is 52.7 Å². The summed E-state index contributed by atoms with van der Waals surface area (Å²) in [6.45, 7) is 1.95. The SMILES string of the molecule is Cc1cc2nc(-c3cc(Cl)ccc3F)c(N)n2cc1Br. The van der Waals surface area contributed by atoms with E-state index in [2.05, 4.69) is 20.9 Å². The molecule has 0 fully saturated rings. The Hall–Kier alpha value is -1.59. The van der Waals surface area contributed by atoms with E-state index in [1.165, 1.54) is 18.2 Å². The number of benzene rings is 1. The van der Waals surface area contributed by atoms with Gasteiger partial charge < -0.3 is 5.73 Å². The predicted octanol–water partition coefficient (Wildman–Crippen LogP) is 4.45. The zero-order valence-corrected chi connectivity index (χ0v) is 12.8. The lowest BCUT2D eigenvalue weighted by atomic mass is 10.1. The van der Waals surface area contributed by atoms with Crippen LogP contribution < -0.4 is 5.73 Å². The molecule has 0 saturated carbocycles. The van der Waals surface area contributed by atoms with Crippen molar-refractivity contribution in [1.29, 1.82) is 0 Å². The lowest BCUT2D eigenvalue weighted by Crippen LogP contribution is -1.95. The lowest BCUT2D eigenvalue weighted by molar-refractivity contribution is 0.631. The molecule has 0 amide bonds. The second-order valence-electron chi connectivity index (χ2n) is 4.50. The molecule has 0 spiro atoms. The minimum atomic E-state index is -0.403. The van der Waals surface area contributed by atoms with Crippen LogP contribution in [0.1, 0.15) is 5.56 Å². The van der Waals surface area contributed by atoms with Crippen molar-refractivity contribution < 1.29 is 4.39 Å². The highest BCUT2D eigenvalue weighted by Crippen LogP contribution is 2.31. The summed E-state index contributed by atoms with van der Waals surface area (Å²) in [6.07, 6.45) is 1.82. The molecule has 0 saturated heterocycles. The molecule has 1 aromatic carbocycles. The number of pyridine rings is 1. The van der Waals surface area contributed by atoms with Gasteiger partial charge in [-0.2, -0.15) is 0 Å². The fourth-order valence-corrected chi connectivity index (χ4v) is 2.55. The number of hydrogen-bond donors (Lipinski definition) is 1. The third-order valence-corrected chi connectivity index (χ3v) is 4.19. The Morgan fingerprint density at radius 1 is 1.35 bits per heavy atom. The normalized spacial score (nSPS) is 11.2. The number of aromatic nitrogens is 2. The van der Waals surface area contributed by atoms with Crippen LogP contribution in [0.2, 0.25) is 5.02 Å². The van der Waals surface area contributed by atoms with Crippen molar-refractivity contribution in [3.63, 3.8) is 0 Å². The summed E-state index contributed by atoms with van der Waals surface area (Å²) < 4.78 is 16.6. The van der Waals surface area contributed by atoms with Gasteiger partial charge in [0.1, 0.15) is 23.0 Å². The number of anilines is 1. The average Bonchev–Trinajstić information content (AvgIpc) is 2.70. The lowest BCUT2D eigenvalue weighted by Gasteiger charge is -2.03. The van der Waals surface area contributed by atoms with Crippen LogP contribution in [0.3, 0.4) is 0 Å².